The fourth-order valence-electron chi connectivity index (χ4n) is 3.79. The summed E-state index contributed by atoms with van der Waals surface area (Å²) in [6.07, 6.45) is 0. The van der Waals surface area contributed by atoms with Gasteiger partial charge < -0.3 is 30.4 Å². The van der Waals surface area contributed by atoms with Crippen molar-refractivity contribution in [2.24, 2.45) is 0 Å². The van der Waals surface area contributed by atoms with Crippen LogP contribution in [0, 0.1) is 0 Å². The van der Waals surface area contributed by atoms with Crippen molar-refractivity contribution in [1.29, 1.82) is 0 Å². The number of hydrogen-bond acceptors (Lipinski definition) is 6. The fourth-order valence-corrected chi connectivity index (χ4v) is 3.79. The van der Waals surface area contributed by atoms with E-state index >= 15 is 0 Å². The number of anilines is 2. The van der Waals surface area contributed by atoms with Crippen LogP contribution in [0.25, 0.3) is 0 Å². The number of halogens is 16. The van der Waals surface area contributed by atoms with E-state index in [2.05, 4.69) is 18.9 Å². The Morgan fingerprint density at radius 2 is 0.543 bits per heavy atom. The standard InChI is InChI=1S/C24H20F16N2O4/c1-43-11-5-9(6-12(44-2)15(11)41)17(25,26)19(29,30)21(33,34)23(37,38)24(39,40)22(35,36)20(31,32)18(27,28)10-7-13(45-3)16(42)14(8-10)46-4/h5-8H,41-42H2,1-4H3. The molecule has 0 fully saturated rings. The molecule has 0 aromatic heterocycles. The lowest BCUT2D eigenvalue weighted by molar-refractivity contribution is -0.456. The molecule has 2 aromatic carbocycles. The van der Waals surface area contributed by atoms with Crippen molar-refractivity contribution in [3.8, 4) is 23.0 Å². The lowest BCUT2D eigenvalue weighted by Crippen LogP contribution is -2.74. The molecule has 0 heterocycles. The molecule has 0 saturated heterocycles. The van der Waals surface area contributed by atoms with Crippen molar-refractivity contribution in [1.82, 2.24) is 0 Å². The second-order valence-electron chi connectivity index (χ2n) is 9.18. The molecule has 0 unspecified atom stereocenters. The van der Waals surface area contributed by atoms with Gasteiger partial charge in [0.2, 0.25) is 0 Å². The average molecular weight is 704 g/mol. The van der Waals surface area contributed by atoms with Gasteiger partial charge >= 0.3 is 47.4 Å². The van der Waals surface area contributed by atoms with Gasteiger partial charge in [0, 0.05) is 11.1 Å². The minimum absolute atomic E-state index is 0.281. The van der Waals surface area contributed by atoms with Crippen molar-refractivity contribution in [3.63, 3.8) is 0 Å². The summed E-state index contributed by atoms with van der Waals surface area (Å²) in [5.74, 6) is -67.6. The van der Waals surface area contributed by atoms with Crippen LogP contribution in [0.2, 0.25) is 0 Å². The van der Waals surface area contributed by atoms with E-state index in [1.54, 1.807) is 0 Å². The Labute approximate surface area is 247 Å². The Hall–Kier alpha value is -3.88. The third-order valence-electron chi connectivity index (χ3n) is 6.57. The Morgan fingerprint density at radius 3 is 0.717 bits per heavy atom. The van der Waals surface area contributed by atoms with Gasteiger partial charge in [0.25, 0.3) is 0 Å². The number of rotatable bonds is 13. The van der Waals surface area contributed by atoms with Gasteiger partial charge in [0.15, 0.2) is 0 Å². The molecule has 46 heavy (non-hydrogen) atoms. The minimum atomic E-state index is -8.63. The van der Waals surface area contributed by atoms with E-state index in [4.69, 9.17) is 11.5 Å². The summed E-state index contributed by atoms with van der Waals surface area (Å²) in [6, 6.07) is -1.12. The van der Waals surface area contributed by atoms with E-state index < -0.39 is 92.9 Å². The highest BCUT2D eigenvalue weighted by atomic mass is 19.4. The van der Waals surface area contributed by atoms with Crippen LogP contribution in [0.5, 0.6) is 23.0 Å². The predicted octanol–water partition coefficient (Wildman–Crippen LogP) is 7.58. The Balaban J connectivity index is 2.77. The van der Waals surface area contributed by atoms with Crippen molar-refractivity contribution in [2.45, 2.75) is 47.4 Å². The monoisotopic (exact) mass is 704 g/mol. The molecule has 262 valence electrons. The molecule has 6 nitrogen and oxygen atoms in total. The summed E-state index contributed by atoms with van der Waals surface area (Å²) < 4.78 is 251. The largest absolute Gasteiger partial charge is 0.494 e. The lowest BCUT2D eigenvalue weighted by Gasteiger charge is -2.43. The summed E-state index contributed by atoms with van der Waals surface area (Å²) in [6.45, 7) is 0. The second kappa shape index (κ2) is 11.4. The summed E-state index contributed by atoms with van der Waals surface area (Å²) in [5.41, 5.74) is 4.25. The highest BCUT2D eigenvalue weighted by Crippen LogP contribution is 2.66. The molecule has 0 radical (unpaired) electrons. The molecule has 22 heteroatoms. The first kappa shape index (κ1) is 38.3. The molecule has 2 aromatic rings. The summed E-state index contributed by atoms with van der Waals surface area (Å²) in [5, 5.41) is 0. The van der Waals surface area contributed by atoms with Crippen LogP contribution in [-0.2, 0) is 11.8 Å². The van der Waals surface area contributed by atoms with Gasteiger partial charge in [0.05, 0.1) is 28.4 Å². The molecule has 0 aliphatic heterocycles. The number of hydrogen-bond donors (Lipinski definition) is 2. The number of alkyl halides is 16. The quantitative estimate of drug-likeness (QED) is 0.165. The van der Waals surface area contributed by atoms with E-state index in [1.165, 1.54) is 0 Å². The first-order chi connectivity index (χ1) is 20.5. The molecule has 0 amide bonds. The summed E-state index contributed by atoms with van der Waals surface area (Å²) >= 11 is 0. The number of nitrogen functional groups attached to an aromatic ring is 2. The maximum absolute atomic E-state index is 14.8. The number of ether oxygens (including phenoxy) is 4. The van der Waals surface area contributed by atoms with Gasteiger partial charge in [-0.1, -0.05) is 0 Å². The van der Waals surface area contributed by atoms with Gasteiger partial charge in [-0.15, -0.1) is 0 Å². The zero-order valence-corrected chi connectivity index (χ0v) is 23.1. The van der Waals surface area contributed by atoms with Gasteiger partial charge in [-0.3, -0.25) is 0 Å². The summed E-state index contributed by atoms with van der Waals surface area (Å²) in [4.78, 5) is 0. The molecular weight excluding hydrogens is 684 g/mol. The molecule has 0 bridgehead atoms. The highest BCUT2D eigenvalue weighted by Gasteiger charge is 2.95. The van der Waals surface area contributed by atoms with Crippen LogP contribution >= 0.6 is 0 Å². The van der Waals surface area contributed by atoms with Crippen molar-refractivity contribution in [2.75, 3.05) is 39.9 Å². The van der Waals surface area contributed by atoms with Crippen molar-refractivity contribution >= 4 is 11.4 Å². The van der Waals surface area contributed by atoms with E-state index in [0.29, 0.717) is 28.4 Å². The minimum Gasteiger partial charge on any atom is -0.494 e. The van der Waals surface area contributed by atoms with E-state index in [-0.39, 0.29) is 24.3 Å². The lowest BCUT2D eigenvalue weighted by atomic mass is 9.85. The van der Waals surface area contributed by atoms with Gasteiger partial charge in [-0.05, 0) is 24.3 Å². The highest BCUT2D eigenvalue weighted by molar-refractivity contribution is 5.66. The van der Waals surface area contributed by atoms with Crippen molar-refractivity contribution in [3.05, 3.63) is 35.4 Å². The average Bonchev–Trinajstić information content (AvgIpc) is 2.96. The Morgan fingerprint density at radius 1 is 0.370 bits per heavy atom. The zero-order chi connectivity index (χ0) is 36.3. The number of benzene rings is 2. The Kier molecular flexibility index (Phi) is 9.51. The van der Waals surface area contributed by atoms with Crippen LogP contribution in [0.15, 0.2) is 24.3 Å². The maximum atomic E-state index is 14.8. The SMILES string of the molecule is COc1cc(C(F)(F)C(F)(F)C(F)(F)C(F)(F)C(F)(F)C(F)(F)C(F)(F)C(F)(F)c2cc(OC)c(N)c(OC)c2)cc(OC)c1N. The number of nitrogens with two attached hydrogens (primary N) is 2. The van der Waals surface area contributed by atoms with Crippen LogP contribution in [0.1, 0.15) is 11.1 Å². The summed E-state index contributed by atoms with van der Waals surface area (Å²) in [7, 11) is 2.57. The third-order valence-corrected chi connectivity index (χ3v) is 6.57. The first-order valence-electron chi connectivity index (χ1n) is 11.6. The predicted molar refractivity (Wildman–Crippen MR) is 125 cm³/mol. The molecular formula is C24H20F16N2O4. The molecule has 0 atom stereocenters. The van der Waals surface area contributed by atoms with E-state index in [1.807, 2.05) is 0 Å². The van der Waals surface area contributed by atoms with Crippen LogP contribution in [0.4, 0.5) is 81.6 Å². The Bertz CT molecular complexity index is 1290. The molecule has 0 saturated carbocycles. The van der Waals surface area contributed by atoms with Crippen LogP contribution in [0.3, 0.4) is 0 Å². The third kappa shape index (κ3) is 4.97. The maximum Gasteiger partial charge on any atom is 0.385 e. The topological polar surface area (TPSA) is 89.0 Å². The van der Waals surface area contributed by atoms with Gasteiger partial charge in [-0.25, -0.2) is 0 Å². The molecule has 0 aliphatic rings. The van der Waals surface area contributed by atoms with Crippen molar-refractivity contribution < 1.29 is 89.2 Å². The van der Waals surface area contributed by atoms with E-state index in [0.717, 1.165) is 0 Å². The van der Waals surface area contributed by atoms with Crippen LogP contribution < -0.4 is 30.4 Å². The molecule has 0 spiro atoms. The van der Waals surface area contributed by atoms with Gasteiger partial charge in [0.1, 0.15) is 34.4 Å². The van der Waals surface area contributed by atoms with Crippen LogP contribution in [-0.4, -0.2) is 64.0 Å². The molecule has 4 N–H and O–H groups in total. The number of methoxy groups -OCH3 is 4. The zero-order valence-electron chi connectivity index (χ0n) is 23.1. The second-order valence-corrected chi connectivity index (χ2v) is 9.18. The smallest absolute Gasteiger partial charge is 0.385 e. The molecule has 2 rings (SSSR count). The fraction of sp³-hybridized carbons (Fsp3) is 0.500. The molecule has 0 aliphatic carbocycles. The normalized spacial score (nSPS) is 14.3. The van der Waals surface area contributed by atoms with Gasteiger partial charge in [-0.2, -0.15) is 70.2 Å². The first-order valence-corrected chi connectivity index (χ1v) is 11.6. The van der Waals surface area contributed by atoms with E-state index in [9.17, 15) is 70.2 Å².